The van der Waals surface area contributed by atoms with Crippen molar-refractivity contribution in [2.75, 3.05) is 25.9 Å². The number of phosphoric acid groups is 3. The molecule has 1 aromatic rings. The lowest BCUT2D eigenvalue weighted by Crippen LogP contribution is -2.42. The molecule has 0 bridgehead atoms. The van der Waals surface area contributed by atoms with Crippen LogP contribution in [0.4, 0.5) is 0 Å². The van der Waals surface area contributed by atoms with Crippen LogP contribution in [0.2, 0.25) is 0 Å². The Morgan fingerprint density at radius 2 is 1.73 bits per heavy atom. The minimum atomic E-state index is -5.68. The van der Waals surface area contributed by atoms with Crippen LogP contribution in [0.3, 0.4) is 0 Å². The summed E-state index contributed by atoms with van der Waals surface area (Å²) in [6, 6.07) is 0. The smallest absolute Gasteiger partial charge is 0.376 e. The third-order valence-corrected chi connectivity index (χ3v) is 8.82. The average Bonchev–Trinajstić information content (AvgIpc) is 2.63. The molecule has 33 heavy (non-hydrogen) atoms. The maximum absolute atomic E-state index is 12.1. The molecule has 0 radical (unpaired) electrons. The molecule has 0 aliphatic rings. The third kappa shape index (κ3) is 11.8. The van der Waals surface area contributed by atoms with Gasteiger partial charge in [0.1, 0.15) is 18.1 Å². The molecule has 21 heteroatoms. The number of nitrogens with one attached hydrogen (secondary N) is 1. The molecule has 4 atom stereocenters. The van der Waals surface area contributed by atoms with E-state index in [0.717, 1.165) is 4.57 Å². The third-order valence-electron chi connectivity index (χ3n) is 3.55. The summed E-state index contributed by atoms with van der Waals surface area (Å²) in [7, 11) is -12.8. The maximum atomic E-state index is 12.1. The Bertz CT molecular complexity index is 1040. The number of aromatic amines is 1. The lowest BCUT2D eigenvalue weighted by Gasteiger charge is -2.27. The second-order valence-electron chi connectivity index (χ2n) is 5.99. The Balaban J connectivity index is 3.00. The van der Waals surface area contributed by atoms with E-state index < -0.39 is 53.5 Å². The van der Waals surface area contributed by atoms with Crippen molar-refractivity contribution in [1.82, 2.24) is 9.55 Å². The van der Waals surface area contributed by atoms with Gasteiger partial charge in [-0.15, -0.1) is 0 Å². The summed E-state index contributed by atoms with van der Waals surface area (Å²) in [4.78, 5) is 61.7. The first-order valence-electron chi connectivity index (χ1n) is 8.48. The minimum Gasteiger partial charge on any atom is -0.376 e. The van der Waals surface area contributed by atoms with Crippen LogP contribution in [-0.4, -0.2) is 67.2 Å². The Morgan fingerprint density at radius 3 is 2.27 bits per heavy atom. The molecule has 5 N–H and O–H groups in total. The molecule has 1 rings (SSSR count). The van der Waals surface area contributed by atoms with Crippen LogP contribution >= 0.6 is 45.1 Å². The van der Waals surface area contributed by atoms with Crippen LogP contribution in [0, 0.1) is 6.92 Å². The summed E-state index contributed by atoms with van der Waals surface area (Å²) in [6.07, 6.45) is 0.900. The topological polar surface area (TPSA) is 233 Å². The predicted octanol–water partition coefficient (Wildman–Crippen LogP) is 0.557. The summed E-state index contributed by atoms with van der Waals surface area (Å²) < 4.78 is 57.9. The normalized spacial score (nSPS) is 17.8. The Kier molecular flexibility index (Phi) is 12.2. The highest BCUT2D eigenvalue weighted by molar-refractivity contribution is 8.76. The van der Waals surface area contributed by atoms with Crippen molar-refractivity contribution in [1.29, 1.82) is 0 Å². The summed E-state index contributed by atoms with van der Waals surface area (Å²) in [5.41, 5.74) is -1.10. The van der Waals surface area contributed by atoms with Gasteiger partial charge in [-0.1, -0.05) is 21.6 Å². The highest BCUT2D eigenvalue weighted by Gasteiger charge is 2.41. The molecular formula is C12H23N2O14P3S2. The van der Waals surface area contributed by atoms with E-state index >= 15 is 0 Å². The number of nitrogens with zero attached hydrogens (tertiary/aromatic N) is 1. The van der Waals surface area contributed by atoms with Crippen LogP contribution in [-0.2, 0) is 42.9 Å². The van der Waals surface area contributed by atoms with Crippen molar-refractivity contribution in [2.45, 2.75) is 25.7 Å². The number of hydrogen-bond acceptors (Lipinski definition) is 12. The van der Waals surface area contributed by atoms with Gasteiger partial charge in [0, 0.05) is 18.9 Å². The fourth-order valence-electron chi connectivity index (χ4n) is 2.19. The predicted molar refractivity (Wildman–Crippen MR) is 118 cm³/mol. The van der Waals surface area contributed by atoms with E-state index in [0.29, 0.717) is 0 Å². The van der Waals surface area contributed by atoms with Crippen LogP contribution in [0.15, 0.2) is 15.8 Å². The molecule has 1 heterocycles. The van der Waals surface area contributed by atoms with Gasteiger partial charge in [0.25, 0.3) is 5.56 Å². The highest BCUT2D eigenvalue weighted by Crippen LogP contribution is 2.66. The fourth-order valence-corrected chi connectivity index (χ4v) is 6.00. The Labute approximate surface area is 194 Å². The van der Waals surface area contributed by atoms with E-state index in [1.54, 1.807) is 6.26 Å². The van der Waals surface area contributed by atoms with E-state index in [1.165, 1.54) is 41.8 Å². The molecule has 2 unspecified atom stereocenters. The van der Waals surface area contributed by atoms with Gasteiger partial charge in [-0.05, 0) is 13.2 Å². The van der Waals surface area contributed by atoms with Crippen LogP contribution in [0.25, 0.3) is 0 Å². The number of methoxy groups -OCH3 is 1. The van der Waals surface area contributed by atoms with Crippen molar-refractivity contribution in [3.63, 3.8) is 0 Å². The van der Waals surface area contributed by atoms with Crippen molar-refractivity contribution >= 4 is 45.1 Å². The number of hydrogen-bond donors (Lipinski definition) is 5. The number of H-pyrrole nitrogens is 1. The van der Waals surface area contributed by atoms with Gasteiger partial charge in [-0.25, -0.2) is 18.5 Å². The zero-order valence-corrected chi connectivity index (χ0v) is 21.6. The molecule has 0 saturated heterocycles. The highest BCUT2D eigenvalue weighted by atomic mass is 33.1. The minimum absolute atomic E-state index is 0.0953. The van der Waals surface area contributed by atoms with Crippen molar-refractivity contribution in [3.8, 4) is 0 Å². The summed E-state index contributed by atoms with van der Waals surface area (Å²) in [6.45, 7) is 0.493. The number of aromatic nitrogens is 2. The van der Waals surface area contributed by atoms with Crippen molar-refractivity contribution < 1.29 is 55.9 Å². The molecule has 16 nitrogen and oxygen atoms in total. The van der Waals surface area contributed by atoms with Gasteiger partial charge >= 0.3 is 29.2 Å². The molecule has 0 spiro atoms. The molecule has 0 fully saturated rings. The second kappa shape index (κ2) is 13.1. The van der Waals surface area contributed by atoms with Crippen molar-refractivity contribution in [3.05, 3.63) is 32.6 Å². The van der Waals surface area contributed by atoms with E-state index in [-0.39, 0.29) is 18.0 Å². The quantitative estimate of drug-likeness (QED) is 0.0830. The van der Waals surface area contributed by atoms with Gasteiger partial charge in [-0.3, -0.25) is 18.9 Å². The van der Waals surface area contributed by atoms with Crippen LogP contribution in [0.1, 0.15) is 5.56 Å². The summed E-state index contributed by atoms with van der Waals surface area (Å²) >= 11 is 0. The fraction of sp³-hybridized carbons (Fsp3) is 0.667. The van der Waals surface area contributed by atoms with Gasteiger partial charge in [0.15, 0.2) is 0 Å². The molecule has 0 aliphatic heterocycles. The Hall–Kier alpha value is -0.290. The second-order valence-corrected chi connectivity index (χ2v) is 12.9. The standard InChI is InChI=1S/C12H23N2O14P3S2/c1-8-4-14(12(16)13-11(8)15)5-9(25-7-33-32-3)10(24-2)6-26-30(20,21)28-31(22,23)27-29(17,18)19/h4,9-10H,5-7H2,1-3H3,(H,20,21)(H,22,23)(H,13,15,16)(H2,17,18,19)/t9-,10+/m0/s1. The first-order valence-corrected chi connectivity index (χ1v) is 15.7. The number of phosphoric ester groups is 1. The van der Waals surface area contributed by atoms with Gasteiger partial charge in [-0.2, -0.15) is 8.62 Å². The van der Waals surface area contributed by atoms with Crippen molar-refractivity contribution in [2.24, 2.45) is 0 Å². The first-order chi connectivity index (χ1) is 15.1. The van der Waals surface area contributed by atoms with E-state index in [1.807, 2.05) is 0 Å². The van der Waals surface area contributed by atoms with E-state index in [4.69, 9.17) is 19.3 Å². The molecule has 0 aliphatic carbocycles. The average molecular weight is 576 g/mol. The maximum Gasteiger partial charge on any atom is 0.490 e. The Morgan fingerprint density at radius 1 is 1.09 bits per heavy atom. The molecule has 0 saturated carbocycles. The van der Waals surface area contributed by atoms with Gasteiger partial charge in [0.2, 0.25) is 0 Å². The molecule has 1 aromatic heterocycles. The van der Waals surface area contributed by atoms with Gasteiger partial charge < -0.3 is 29.0 Å². The van der Waals surface area contributed by atoms with E-state index in [9.17, 15) is 33.1 Å². The molecule has 0 amide bonds. The van der Waals surface area contributed by atoms with Crippen LogP contribution < -0.4 is 11.2 Å². The summed E-state index contributed by atoms with van der Waals surface area (Å²) in [5.74, 6) is 0.0953. The largest absolute Gasteiger partial charge is 0.490 e. The van der Waals surface area contributed by atoms with E-state index in [2.05, 4.69) is 18.1 Å². The first kappa shape index (κ1) is 30.7. The summed E-state index contributed by atoms with van der Waals surface area (Å²) in [5, 5.41) is 0. The zero-order valence-electron chi connectivity index (χ0n) is 17.3. The molecule has 0 aromatic carbocycles. The number of rotatable bonds is 15. The zero-order chi connectivity index (χ0) is 25.4. The SMILES string of the molecule is CO[C@H](COP(=O)(O)OP(=O)(O)OP(=O)(O)O)[C@H](Cn1cc(C)c(=O)[nH]c1=O)OCSSC. The van der Waals surface area contributed by atoms with Crippen LogP contribution in [0.5, 0.6) is 0 Å². The molecule has 192 valence electrons. The number of ether oxygens (including phenoxy) is 2. The lowest BCUT2D eigenvalue weighted by atomic mass is 10.2. The molecular weight excluding hydrogens is 553 g/mol. The number of aryl methyl sites for hydroxylation is 1. The monoisotopic (exact) mass is 576 g/mol. The van der Waals surface area contributed by atoms with Gasteiger partial charge in [0.05, 0.1) is 13.2 Å². The lowest BCUT2D eigenvalue weighted by molar-refractivity contribution is -0.0692.